The van der Waals surface area contributed by atoms with Crippen molar-refractivity contribution < 1.29 is 27.0 Å². The minimum atomic E-state index is -4.67. The average Bonchev–Trinajstić information content (AvgIpc) is 2.57. The van der Waals surface area contributed by atoms with Crippen LogP contribution in [0.15, 0.2) is 48.5 Å². The second-order valence-electron chi connectivity index (χ2n) is 4.94. The van der Waals surface area contributed by atoms with Gasteiger partial charge in [0.2, 0.25) is 0 Å². The molecule has 12 heteroatoms. The van der Waals surface area contributed by atoms with Gasteiger partial charge in [-0.15, -0.1) is 0 Å². The van der Waals surface area contributed by atoms with Crippen LogP contribution >= 0.6 is 12.2 Å². The van der Waals surface area contributed by atoms with Gasteiger partial charge in [-0.1, -0.05) is 0 Å². The SMILES string of the molecule is CCOc1ccc(NC(=S)Nc2ccc(OCC)cc2)cc1.N.N.O=S(=O)(O)O. The van der Waals surface area contributed by atoms with Gasteiger partial charge >= 0.3 is 10.4 Å². The lowest BCUT2D eigenvalue weighted by Gasteiger charge is -2.12. The van der Waals surface area contributed by atoms with Gasteiger partial charge in [0.05, 0.1) is 13.2 Å². The Morgan fingerprint density at radius 2 is 1.10 bits per heavy atom. The summed E-state index contributed by atoms with van der Waals surface area (Å²) in [6.45, 7) is 5.24. The highest BCUT2D eigenvalue weighted by molar-refractivity contribution is 7.80. The zero-order valence-electron chi connectivity index (χ0n) is 16.3. The summed E-state index contributed by atoms with van der Waals surface area (Å²) in [5.41, 5.74) is 1.82. The van der Waals surface area contributed by atoms with Gasteiger partial charge in [-0.05, 0) is 74.6 Å². The fourth-order valence-electron chi connectivity index (χ4n) is 1.90. The predicted molar refractivity (Wildman–Crippen MR) is 119 cm³/mol. The smallest absolute Gasteiger partial charge is 0.394 e. The van der Waals surface area contributed by atoms with E-state index in [1.165, 1.54) is 0 Å². The second kappa shape index (κ2) is 14.5. The minimum Gasteiger partial charge on any atom is -0.494 e. The van der Waals surface area contributed by atoms with Crippen molar-refractivity contribution >= 4 is 39.1 Å². The molecular formula is C17H28N4O6S2. The number of rotatable bonds is 6. The Morgan fingerprint density at radius 1 is 0.828 bits per heavy atom. The highest BCUT2D eigenvalue weighted by Gasteiger charge is 2.00. The minimum absolute atomic E-state index is 0. The van der Waals surface area contributed by atoms with Gasteiger partial charge in [0.25, 0.3) is 0 Å². The maximum atomic E-state index is 8.74. The zero-order valence-corrected chi connectivity index (χ0v) is 17.9. The molecule has 2 aromatic carbocycles. The van der Waals surface area contributed by atoms with Crippen molar-refractivity contribution in [3.63, 3.8) is 0 Å². The lowest BCUT2D eigenvalue weighted by molar-refractivity contribution is 0.340. The van der Waals surface area contributed by atoms with Crippen molar-refractivity contribution in [2.24, 2.45) is 0 Å². The van der Waals surface area contributed by atoms with E-state index in [2.05, 4.69) is 10.6 Å². The van der Waals surface area contributed by atoms with E-state index < -0.39 is 10.4 Å². The summed E-state index contributed by atoms with van der Waals surface area (Å²) in [5.74, 6) is 1.69. The molecule has 164 valence electrons. The molecular weight excluding hydrogens is 420 g/mol. The number of hydrogen-bond acceptors (Lipinski definition) is 7. The zero-order chi connectivity index (χ0) is 20.3. The normalized spacial score (nSPS) is 9.52. The predicted octanol–water partition coefficient (Wildman–Crippen LogP) is 3.96. The molecule has 0 radical (unpaired) electrons. The Hall–Kier alpha value is -2.48. The van der Waals surface area contributed by atoms with Crippen molar-refractivity contribution in [2.75, 3.05) is 23.8 Å². The number of thiocarbonyl (C=S) groups is 1. The number of benzene rings is 2. The van der Waals surface area contributed by atoms with Crippen LogP contribution in [0.2, 0.25) is 0 Å². The van der Waals surface area contributed by atoms with Crippen LogP contribution in [0.1, 0.15) is 13.8 Å². The van der Waals surface area contributed by atoms with Gasteiger partial charge < -0.3 is 32.4 Å². The van der Waals surface area contributed by atoms with Crippen molar-refractivity contribution in [3.05, 3.63) is 48.5 Å². The topological polar surface area (TPSA) is 187 Å². The number of hydrogen-bond donors (Lipinski definition) is 6. The second-order valence-corrected chi connectivity index (χ2v) is 6.25. The Bertz CT molecular complexity index is 753. The van der Waals surface area contributed by atoms with Crippen LogP contribution in [0.25, 0.3) is 0 Å². The maximum absolute atomic E-state index is 8.74. The third-order valence-electron chi connectivity index (χ3n) is 2.85. The third kappa shape index (κ3) is 14.2. The molecule has 0 aromatic heterocycles. The summed E-state index contributed by atoms with van der Waals surface area (Å²) < 4.78 is 42.4. The molecule has 10 nitrogen and oxygen atoms in total. The van der Waals surface area contributed by atoms with Crippen LogP contribution in [0, 0.1) is 0 Å². The summed E-state index contributed by atoms with van der Waals surface area (Å²) in [6.07, 6.45) is 0. The number of anilines is 2. The molecule has 0 aliphatic rings. The molecule has 0 saturated heterocycles. The van der Waals surface area contributed by atoms with Crippen LogP contribution in [0.4, 0.5) is 11.4 Å². The van der Waals surface area contributed by atoms with Gasteiger partial charge in [0.1, 0.15) is 11.5 Å². The monoisotopic (exact) mass is 448 g/mol. The standard InChI is InChI=1S/C17H20N2O2S.2H3N.H2O4S/c1-3-20-15-9-5-13(6-10-15)18-17(22)19-14-7-11-16(12-8-14)21-4-2;;;1-5(2,3)4/h5-12H,3-4H2,1-2H3,(H2,18,19,22);2*1H3;(H2,1,2,3,4). The molecule has 29 heavy (non-hydrogen) atoms. The first-order valence-electron chi connectivity index (χ1n) is 7.95. The summed E-state index contributed by atoms with van der Waals surface area (Å²) >= 11 is 5.30. The van der Waals surface area contributed by atoms with Crippen molar-refractivity contribution in [1.29, 1.82) is 0 Å². The molecule has 0 heterocycles. The molecule has 0 spiro atoms. The molecule has 0 bridgehead atoms. The van der Waals surface area contributed by atoms with Crippen molar-refractivity contribution in [1.82, 2.24) is 12.3 Å². The van der Waals surface area contributed by atoms with Crippen LogP contribution in [0.5, 0.6) is 11.5 Å². The first kappa shape index (κ1) is 28.7. The van der Waals surface area contributed by atoms with E-state index in [9.17, 15) is 0 Å². The van der Waals surface area contributed by atoms with Gasteiger partial charge in [-0.25, -0.2) is 0 Å². The van der Waals surface area contributed by atoms with E-state index in [0.717, 1.165) is 22.9 Å². The Balaban J connectivity index is 0. The molecule has 10 N–H and O–H groups in total. The molecule has 2 rings (SSSR count). The molecule has 0 atom stereocenters. The number of nitrogens with one attached hydrogen (secondary N) is 2. The molecule has 0 unspecified atom stereocenters. The summed E-state index contributed by atoms with van der Waals surface area (Å²) in [5, 5.41) is 6.80. The van der Waals surface area contributed by atoms with Crippen LogP contribution < -0.4 is 32.4 Å². The quantitative estimate of drug-likeness (QED) is 0.277. The van der Waals surface area contributed by atoms with E-state index in [1.807, 2.05) is 62.4 Å². The fourth-order valence-corrected chi connectivity index (χ4v) is 2.13. The fraction of sp³-hybridized carbons (Fsp3) is 0.235. The van der Waals surface area contributed by atoms with E-state index >= 15 is 0 Å². The van der Waals surface area contributed by atoms with Crippen LogP contribution in [-0.4, -0.2) is 35.8 Å². The summed E-state index contributed by atoms with van der Waals surface area (Å²) in [4.78, 5) is 0. The van der Waals surface area contributed by atoms with Gasteiger partial charge in [0.15, 0.2) is 5.11 Å². The van der Waals surface area contributed by atoms with Crippen LogP contribution in [-0.2, 0) is 10.4 Å². The lowest BCUT2D eigenvalue weighted by Crippen LogP contribution is -2.18. The van der Waals surface area contributed by atoms with Gasteiger partial charge in [-0.3, -0.25) is 9.11 Å². The average molecular weight is 449 g/mol. The molecule has 0 fully saturated rings. The Morgan fingerprint density at radius 3 is 1.34 bits per heavy atom. The summed E-state index contributed by atoms with van der Waals surface area (Å²) in [6, 6.07) is 15.3. The lowest BCUT2D eigenvalue weighted by atomic mass is 10.3. The van der Waals surface area contributed by atoms with Crippen molar-refractivity contribution in [2.45, 2.75) is 13.8 Å². The van der Waals surface area contributed by atoms with Gasteiger partial charge in [-0.2, -0.15) is 8.42 Å². The highest BCUT2D eigenvalue weighted by Crippen LogP contribution is 2.18. The Labute approximate surface area is 176 Å². The molecule has 0 aliphatic carbocycles. The van der Waals surface area contributed by atoms with Crippen molar-refractivity contribution in [3.8, 4) is 11.5 Å². The maximum Gasteiger partial charge on any atom is 0.394 e. The van der Waals surface area contributed by atoms with Gasteiger partial charge in [0, 0.05) is 11.4 Å². The molecule has 0 aliphatic heterocycles. The Kier molecular flexibility index (Phi) is 14.4. The molecule has 0 saturated carbocycles. The van der Waals surface area contributed by atoms with E-state index in [1.54, 1.807) is 0 Å². The summed E-state index contributed by atoms with van der Waals surface area (Å²) in [7, 11) is -4.67. The van der Waals surface area contributed by atoms with E-state index in [-0.39, 0.29) is 12.3 Å². The molecule has 2 aromatic rings. The highest BCUT2D eigenvalue weighted by atomic mass is 32.3. The van der Waals surface area contributed by atoms with Crippen LogP contribution in [0.3, 0.4) is 0 Å². The number of ether oxygens (including phenoxy) is 2. The van der Waals surface area contributed by atoms with E-state index in [4.69, 9.17) is 39.2 Å². The first-order valence-corrected chi connectivity index (χ1v) is 9.75. The molecule has 0 amide bonds. The largest absolute Gasteiger partial charge is 0.494 e. The third-order valence-corrected chi connectivity index (χ3v) is 3.05. The first-order chi connectivity index (χ1) is 12.7. The van der Waals surface area contributed by atoms with E-state index in [0.29, 0.717) is 18.3 Å².